The van der Waals surface area contributed by atoms with Crippen molar-refractivity contribution in [3.63, 3.8) is 0 Å². The van der Waals surface area contributed by atoms with E-state index < -0.39 is 47.3 Å². The monoisotopic (exact) mass is 495 g/mol. The highest BCUT2D eigenvalue weighted by molar-refractivity contribution is 5.83. The number of carbonyl (C=O) groups excluding carboxylic acids is 1. The number of halogens is 6. The molecular formula is C25H23F6N3O. The molecule has 3 aromatic rings. The molecule has 2 N–H and O–H groups in total. The van der Waals surface area contributed by atoms with Gasteiger partial charge in [0.1, 0.15) is 17.6 Å². The van der Waals surface area contributed by atoms with Gasteiger partial charge in [-0.25, -0.2) is 13.2 Å². The second kappa shape index (κ2) is 10.9. The van der Waals surface area contributed by atoms with Crippen LogP contribution in [0.2, 0.25) is 0 Å². The summed E-state index contributed by atoms with van der Waals surface area (Å²) in [4.78, 5) is 16.1. The average molecular weight is 495 g/mol. The molecule has 1 heterocycles. The van der Waals surface area contributed by atoms with Crippen molar-refractivity contribution < 1.29 is 31.1 Å². The third kappa shape index (κ3) is 6.39. The van der Waals surface area contributed by atoms with Crippen LogP contribution >= 0.6 is 0 Å². The third-order valence-electron chi connectivity index (χ3n) is 5.59. The number of carbonyl (C=O) groups is 1. The number of aromatic nitrogens is 1. The van der Waals surface area contributed by atoms with Crippen LogP contribution in [0.5, 0.6) is 0 Å². The summed E-state index contributed by atoms with van der Waals surface area (Å²) in [5.74, 6) is -3.38. The van der Waals surface area contributed by atoms with Gasteiger partial charge >= 0.3 is 6.18 Å². The van der Waals surface area contributed by atoms with Gasteiger partial charge < -0.3 is 5.32 Å². The number of pyridine rings is 1. The zero-order valence-electron chi connectivity index (χ0n) is 18.9. The fourth-order valence-electron chi connectivity index (χ4n) is 3.68. The summed E-state index contributed by atoms with van der Waals surface area (Å²) >= 11 is 0. The fourth-order valence-corrected chi connectivity index (χ4v) is 3.68. The highest BCUT2D eigenvalue weighted by Crippen LogP contribution is 2.29. The standard InChI is InChI=1S/C25H23F6N3O/c1-14-12-16(8-9-18(14)26)20(10-6-15-7-11-21(33-13-15)25(29,30)31)34-23(24(35)32-2)17-4-3-5-19(27)22(17)28/h3-5,7-9,11-13,20,23,34H,6,10H2,1-2H3,(H,32,35)/t20-,23?/m0/s1. The van der Waals surface area contributed by atoms with E-state index in [-0.39, 0.29) is 18.4 Å². The van der Waals surface area contributed by atoms with E-state index >= 15 is 0 Å². The van der Waals surface area contributed by atoms with Gasteiger partial charge in [-0.1, -0.05) is 30.3 Å². The normalized spacial score (nSPS) is 13.4. The van der Waals surface area contributed by atoms with Crippen LogP contribution in [0.15, 0.2) is 54.7 Å². The number of benzene rings is 2. The summed E-state index contributed by atoms with van der Waals surface area (Å²) in [6.45, 7) is 1.55. The lowest BCUT2D eigenvalue weighted by Gasteiger charge is -2.26. The Hall–Kier alpha value is -3.40. The molecule has 1 unspecified atom stereocenters. The van der Waals surface area contributed by atoms with Gasteiger partial charge in [-0.2, -0.15) is 13.2 Å². The Bertz CT molecular complexity index is 1180. The average Bonchev–Trinajstić information content (AvgIpc) is 2.82. The first-order chi connectivity index (χ1) is 16.5. The minimum absolute atomic E-state index is 0.218. The van der Waals surface area contributed by atoms with Crippen molar-refractivity contribution in [3.05, 3.63) is 100 Å². The minimum Gasteiger partial charge on any atom is -0.358 e. The number of likely N-dealkylation sites (N-methyl/N-ethyl adjacent to an activating group) is 1. The van der Waals surface area contributed by atoms with Crippen LogP contribution in [0, 0.1) is 24.4 Å². The van der Waals surface area contributed by atoms with E-state index in [0.717, 1.165) is 18.3 Å². The van der Waals surface area contributed by atoms with E-state index in [2.05, 4.69) is 15.6 Å². The summed E-state index contributed by atoms with van der Waals surface area (Å²) < 4.78 is 80.7. The van der Waals surface area contributed by atoms with E-state index in [1.807, 2.05) is 0 Å². The Morgan fingerprint density at radius 1 is 1.03 bits per heavy atom. The predicted molar refractivity (Wildman–Crippen MR) is 118 cm³/mol. The van der Waals surface area contributed by atoms with E-state index in [9.17, 15) is 31.1 Å². The first-order valence-corrected chi connectivity index (χ1v) is 10.7. The van der Waals surface area contributed by atoms with Gasteiger partial charge in [-0.05, 0) is 54.7 Å². The van der Waals surface area contributed by atoms with Crippen LogP contribution in [-0.4, -0.2) is 17.9 Å². The fraction of sp³-hybridized carbons (Fsp3) is 0.280. The van der Waals surface area contributed by atoms with Crippen molar-refractivity contribution in [2.45, 2.75) is 38.0 Å². The maximum atomic E-state index is 14.6. The van der Waals surface area contributed by atoms with Crippen molar-refractivity contribution >= 4 is 5.91 Å². The van der Waals surface area contributed by atoms with Crippen LogP contribution < -0.4 is 10.6 Å². The smallest absolute Gasteiger partial charge is 0.358 e. The molecule has 2 atom stereocenters. The minimum atomic E-state index is -4.57. The maximum absolute atomic E-state index is 14.6. The van der Waals surface area contributed by atoms with Crippen LogP contribution in [0.3, 0.4) is 0 Å². The molecule has 0 fully saturated rings. The second-order valence-electron chi connectivity index (χ2n) is 8.01. The lowest BCUT2D eigenvalue weighted by atomic mass is 9.95. The van der Waals surface area contributed by atoms with Crippen molar-refractivity contribution in [1.82, 2.24) is 15.6 Å². The van der Waals surface area contributed by atoms with Gasteiger partial charge in [0, 0.05) is 24.8 Å². The zero-order chi connectivity index (χ0) is 25.8. The molecule has 0 saturated carbocycles. The largest absolute Gasteiger partial charge is 0.433 e. The van der Waals surface area contributed by atoms with Crippen molar-refractivity contribution in [2.75, 3.05) is 7.05 Å². The number of alkyl halides is 3. The van der Waals surface area contributed by atoms with Crippen LogP contribution in [0.25, 0.3) is 0 Å². The molecule has 35 heavy (non-hydrogen) atoms. The molecule has 0 spiro atoms. The molecule has 4 nitrogen and oxygen atoms in total. The van der Waals surface area contributed by atoms with E-state index in [0.29, 0.717) is 16.7 Å². The number of nitrogens with zero attached hydrogens (tertiary/aromatic N) is 1. The predicted octanol–water partition coefficient (Wildman–Crippen LogP) is 5.58. The number of aryl methyl sites for hydroxylation is 2. The molecular weight excluding hydrogens is 472 g/mol. The quantitative estimate of drug-likeness (QED) is 0.402. The SMILES string of the molecule is CNC(=O)C(N[C@@H](CCc1ccc(C(F)(F)F)nc1)c1ccc(F)c(C)c1)c1cccc(F)c1F. The number of hydrogen-bond acceptors (Lipinski definition) is 3. The molecule has 1 amide bonds. The van der Waals surface area contributed by atoms with Gasteiger partial charge in [0.2, 0.25) is 5.91 Å². The van der Waals surface area contributed by atoms with Gasteiger partial charge in [-0.3, -0.25) is 15.1 Å². The maximum Gasteiger partial charge on any atom is 0.433 e. The molecule has 186 valence electrons. The summed E-state index contributed by atoms with van der Waals surface area (Å²) in [5.41, 5.74) is 0.154. The third-order valence-corrected chi connectivity index (χ3v) is 5.59. The summed E-state index contributed by atoms with van der Waals surface area (Å²) in [5, 5.41) is 5.43. The lowest BCUT2D eigenvalue weighted by Crippen LogP contribution is -2.38. The molecule has 0 aliphatic heterocycles. The Kier molecular flexibility index (Phi) is 8.16. The van der Waals surface area contributed by atoms with E-state index in [4.69, 9.17) is 0 Å². The Morgan fingerprint density at radius 3 is 2.37 bits per heavy atom. The van der Waals surface area contributed by atoms with E-state index in [1.54, 1.807) is 13.0 Å². The Balaban J connectivity index is 1.93. The van der Waals surface area contributed by atoms with Crippen LogP contribution in [-0.2, 0) is 17.4 Å². The molecule has 0 aliphatic carbocycles. The second-order valence-corrected chi connectivity index (χ2v) is 8.01. The Morgan fingerprint density at radius 2 is 1.77 bits per heavy atom. The number of rotatable bonds is 8. The molecule has 3 rings (SSSR count). The molecule has 0 bridgehead atoms. The number of nitrogens with one attached hydrogen (secondary N) is 2. The van der Waals surface area contributed by atoms with Gasteiger partial charge in [-0.15, -0.1) is 0 Å². The molecule has 2 aromatic carbocycles. The summed E-state index contributed by atoms with van der Waals surface area (Å²) in [6.07, 6.45) is -2.98. The van der Waals surface area contributed by atoms with Crippen molar-refractivity contribution in [3.8, 4) is 0 Å². The molecule has 10 heteroatoms. The lowest BCUT2D eigenvalue weighted by molar-refractivity contribution is -0.141. The van der Waals surface area contributed by atoms with Gasteiger partial charge in [0.15, 0.2) is 11.6 Å². The van der Waals surface area contributed by atoms with E-state index in [1.165, 1.54) is 37.4 Å². The first kappa shape index (κ1) is 26.2. The molecule has 1 aromatic heterocycles. The van der Waals surface area contributed by atoms with Gasteiger partial charge in [0.05, 0.1) is 0 Å². The number of hydrogen-bond donors (Lipinski definition) is 2. The Labute approximate surface area is 198 Å². The summed E-state index contributed by atoms with van der Waals surface area (Å²) in [7, 11) is 1.35. The van der Waals surface area contributed by atoms with Gasteiger partial charge in [0.25, 0.3) is 0 Å². The van der Waals surface area contributed by atoms with Crippen molar-refractivity contribution in [2.24, 2.45) is 0 Å². The highest BCUT2D eigenvalue weighted by atomic mass is 19.4. The molecule has 0 saturated heterocycles. The highest BCUT2D eigenvalue weighted by Gasteiger charge is 2.32. The van der Waals surface area contributed by atoms with Crippen molar-refractivity contribution in [1.29, 1.82) is 0 Å². The zero-order valence-corrected chi connectivity index (χ0v) is 18.9. The molecule has 0 aliphatic rings. The summed E-state index contributed by atoms with van der Waals surface area (Å²) in [6, 6.07) is 7.98. The van der Waals surface area contributed by atoms with Crippen LogP contribution in [0.4, 0.5) is 26.3 Å². The van der Waals surface area contributed by atoms with Crippen LogP contribution in [0.1, 0.15) is 46.5 Å². The molecule has 0 radical (unpaired) electrons. The topological polar surface area (TPSA) is 54.0 Å². The number of amides is 1. The first-order valence-electron chi connectivity index (χ1n) is 10.7.